The molecule has 1 aromatic heterocycles. The highest BCUT2D eigenvalue weighted by atomic mass is 16.5. The van der Waals surface area contributed by atoms with Crippen molar-refractivity contribution in [1.29, 1.82) is 0 Å². The predicted octanol–water partition coefficient (Wildman–Crippen LogP) is 3.88. The maximum absolute atomic E-state index is 12.9. The Hall–Kier alpha value is -3.87. The van der Waals surface area contributed by atoms with Gasteiger partial charge in [0.2, 0.25) is 5.95 Å². The number of benzene rings is 2. The predicted molar refractivity (Wildman–Crippen MR) is 113 cm³/mol. The lowest BCUT2D eigenvalue weighted by molar-refractivity contribution is -0.138. The number of esters is 1. The van der Waals surface area contributed by atoms with Gasteiger partial charge >= 0.3 is 5.97 Å². The third kappa shape index (κ3) is 3.82. The lowest BCUT2D eigenvalue weighted by atomic mass is 9.95. The summed E-state index contributed by atoms with van der Waals surface area (Å²) in [5, 5.41) is 7.47. The second-order valence-corrected chi connectivity index (χ2v) is 6.79. The number of ether oxygens (including phenoxy) is 2. The third-order valence-corrected chi connectivity index (χ3v) is 4.80. The number of hydrogen-bond acceptors (Lipinski definition) is 6. The van der Waals surface area contributed by atoms with E-state index in [9.17, 15) is 4.79 Å². The van der Waals surface area contributed by atoms with Crippen molar-refractivity contribution < 1.29 is 14.3 Å². The van der Waals surface area contributed by atoms with E-state index in [1.54, 1.807) is 4.68 Å². The van der Waals surface area contributed by atoms with Crippen molar-refractivity contribution in [3.8, 4) is 5.75 Å². The highest BCUT2D eigenvalue weighted by Crippen LogP contribution is 2.39. The number of aromatic nitrogens is 3. The van der Waals surface area contributed by atoms with Gasteiger partial charge in [-0.25, -0.2) is 9.48 Å². The fourth-order valence-electron chi connectivity index (χ4n) is 3.43. The molecule has 0 amide bonds. The molecule has 0 radical (unpaired) electrons. The summed E-state index contributed by atoms with van der Waals surface area (Å²) in [7, 11) is 0. The van der Waals surface area contributed by atoms with Crippen LogP contribution in [0, 0.1) is 0 Å². The second kappa shape index (κ2) is 8.65. The molecule has 1 aliphatic rings. The Morgan fingerprint density at radius 3 is 2.77 bits per heavy atom. The van der Waals surface area contributed by atoms with E-state index in [2.05, 4.69) is 22.0 Å². The van der Waals surface area contributed by atoms with E-state index in [4.69, 9.17) is 9.47 Å². The summed E-state index contributed by atoms with van der Waals surface area (Å²) in [6.45, 7) is 5.97. The van der Waals surface area contributed by atoms with E-state index in [0.717, 1.165) is 11.1 Å². The number of carbonyl (C=O) groups excluding carboxylic acids is 1. The Morgan fingerprint density at radius 2 is 1.97 bits per heavy atom. The van der Waals surface area contributed by atoms with Crippen LogP contribution >= 0.6 is 0 Å². The van der Waals surface area contributed by atoms with Crippen LogP contribution in [0.25, 0.3) is 0 Å². The first kappa shape index (κ1) is 19.4. The smallest absolute Gasteiger partial charge is 0.338 e. The van der Waals surface area contributed by atoms with Gasteiger partial charge in [0.15, 0.2) is 0 Å². The molecular weight excluding hydrogens is 380 g/mol. The standard InChI is InChI=1S/C23H22N4O3/c1-3-13-29-22(28)20-16(2)26-23-24-15-25-27(23)21(20)18-11-7-8-12-19(18)30-14-17-9-5-4-6-10-17/h3-12,15,21H,1,13-14H2,2H3,(H,24,25,26). The first-order chi connectivity index (χ1) is 14.7. The number of anilines is 1. The van der Waals surface area contributed by atoms with E-state index in [1.165, 1.54) is 12.4 Å². The second-order valence-electron chi connectivity index (χ2n) is 6.79. The Labute approximate surface area is 174 Å². The van der Waals surface area contributed by atoms with Gasteiger partial charge in [-0.05, 0) is 18.6 Å². The molecule has 2 aromatic carbocycles. The van der Waals surface area contributed by atoms with E-state index in [1.807, 2.05) is 61.5 Å². The molecule has 0 saturated carbocycles. The molecule has 30 heavy (non-hydrogen) atoms. The zero-order chi connectivity index (χ0) is 20.9. The van der Waals surface area contributed by atoms with E-state index in [-0.39, 0.29) is 6.61 Å². The van der Waals surface area contributed by atoms with Gasteiger partial charge in [-0.1, -0.05) is 61.2 Å². The molecule has 152 valence electrons. The van der Waals surface area contributed by atoms with Crippen molar-refractivity contribution in [3.05, 3.63) is 96.0 Å². The molecule has 1 atom stereocenters. The zero-order valence-corrected chi connectivity index (χ0v) is 16.6. The van der Waals surface area contributed by atoms with Crippen LogP contribution in [-0.4, -0.2) is 27.3 Å². The molecule has 1 N–H and O–H groups in total. The maximum Gasteiger partial charge on any atom is 0.338 e. The summed E-state index contributed by atoms with van der Waals surface area (Å²) in [5.74, 6) is 0.774. The first-order valence-corrected chi connectivity index (χ1v) is 9.60. The number of hydrogen-bond donors (Lipinski definition) is 1. The monoisotopic (exact) mass is 402 g/mol. The van der Waals surface area contributed by atoms with Gasteiger partial charge in [0.1, 0.15) is 31.3 Å². The van der Waals surface area contributed by atoms with E-state index in [0.29, 0.717) is 29.6 Å². The van der Waals surface area contributed by atoms with Crippen LogP contribution in [0.2, 0.25) is 0 Å². The number of nitrogens with zero attached hydrogens (tertiary/aromatic N) is 3. The fraction of sp³-hybridized carbons (Fsp3) is 0.174. The summed E-state index contributed by atoms with van der Waals surface area (Å²) >= 11 is 0. The molecule has 0 saturated heterocycles. The number of para-hydroxylation sites is 1. The summed E-state index contributed by atoms with van der Waals surface area (Å²) in [5.41, 5.74) is 2.96. The van der Waals surface area contributed by atoms with Crippen LogP contribution in [0.3, 0.4) is 0 Å². The van der Waals surface area contributed by atoms with Gasteiger partial charge < -0.3 is 14.8 Å². The van der Waals surface area contributed by atoms with Crippen LogP contribution in [0.15, 0.2) is 84.8 Å². The molecule has 7 nitrogen and oxygen atoms in total. The van der Waals surface area contributed by atoms with Gasteiger partial charge in [-0.2, -0.15) is 10.1 Å². The summed E-state index contributed by atoms with van der Waals surface area (Å²) < 4.78 is 13.2. The molecular formula is C23H22N4O3. The van der Waals surface area contributed by atoms with Gasteiger partial charge in [0.25, 0.3) is 0 Å². The Morgan fingerprint density at radius 1 is 1.20 bits per heavy atom. The number of carbonyl (C=O) groups is 1. The van der Waals surface area contributed by atoms with Crippen molar-refractivity contribution in [3.63, 3.8) is 0 Å². The van der Waals surface area contributed by atoms with Crippen molar-refractivity contribution in [2.45, 2.75) is 19.6 Å². The fourth-order valence-corrected chi connectivity index (χ4v) is 3.43. The van der Waals surface area contributed by atoms with Crippen LogP contribution < -0.4 is 10.1 Å². The molecule has 0 fully saturated rings. The normalized spacial score (nSPS) is 15.2. The van der Waals surface area contributed by atoms with Gasteiger partial charge in [0, 0.05) is 11.3 Å². The highest BCUT2D eigenvalue weighted by Gasteiger charge is 2.35. The number of fused-ring (bicyclic) bond motifs is 1. The van der Waals surface area contributed by atoms with E-state index >= 15 is 0 Å². The average Bonchev–Trinajstić information content (AvgIpc) is 3.24. The molecule has 4 rings (SSSR count). The Bertz CT molecular complexity index is 1090. The lowest BCUT2D eigenvalue weighted by Crippen LogP contribution is -2.30. The molecule has 0 bridgehead atoms. The summed E-state index contributed by atoms with van der Waals surface area (Å²) in [4.78, 5) is 17.2. The number of rotatable bonds is 7. The van der Waals surface area contributed by atoms with E-state index < -0.39 is 12.0 Å². The lowest BCUT2D eigenvalue weighted by Gasteiger charge is -2.29. The molecule has 2 heterocycles. The highest BCUT2D eigenvalue weighted by molar-refractivity contribution is 5.92. The maximum atomic E-state index is 12.9. The zero-order valence-electron chi connectivity index (χ0n) is 16.6. The molecule has 1 aliphatic heterocycles. The topological polar surface area (TPSA) is 78.3 Å². The van der Waals surface area contributed by atoms with Crippen molar-refractivity contribution in [2.75, 3.05) is 11.9 Å². The van der Waals surface area contributed by atoms with Crippen LogP contribution in [-0.2, 0) is 16.1 Å². The number of nitrogens with one attached hydrogen (secondary N) is 1. The minimum absolute atomic E-state index is 0.124. The van der Waals surface area contributed by atoms with Crippen LogP contribution in [0.1, 0.15) is 24.1 Å². The Kier molecular flexibility index (Phi) is 5.61. The van der Waals surface area contributed by atoms with Gasteiger partial charge in [0.05, 0.1) is 5.57 Å². The van der Waals surface area contributed by atoms with Crippen molar-refractivity contribution in [2.24, 2.45) is 0 Å². The molecule has 7 heteroatoms. The minimum Gasteiger partial charge on any atom is -0.489 e. The minimum atomic E-state index is -0.534. The summed E-state index contributed by atoms with van der Waals surface area (Å²) in [6.07, 6.45) is 2.99. The van der Waals surface area contributed by atoms with Crippen LogP contribution in [0.4, 0.5) is 5.95 Å². The molecule has 1 unspecified atom stereocenters. The third-order valence-electron chi connectivity index (χ3n) is 4.80. The largest absolute Gasteiger partial charge is 0.489 e. The van der Waals surface area contributed by atoms with Crippen LogP contribution in [0.5, 0.6) is 5.75 Å². The molecule has 0 spiro atoms. The van der Waals surface area contributed by atoms with Gasteiger partial charge in [-0.3, -0.25) is 0 Å². The molecule has 0 aliphatic carbocycles. The Balaban J connectivity index is 1.73. The quantitative estimate of drug-likeness (QED) is 0.477. The van der Waals surface area contributed by atoms with Gasteiger partial charge in [-0.15, -0.1) is 0 Å². The average molecular weight is 402 g/mol. The SMILES string of the molecule is C=CCOC(=O)C1=C(C)Nc2ncnn2C1c1ccccc1OCc1ccccc1. The van der Waals surface area contributed by atoms with Crippen molar-refractivity contribution in [1.82, 2.24) is 14.8 Å². The van der Waals surface area contributed by atoms with Crippen molar-refractivity contribution >= 4 is 11.9 Å². The molecule has 3 aromatic rings. The first-order valence-electron chi connectivity index (χ1n) is 9.60. The summed E-state index contributed by atoms with van der Waals surface area (Å²) in [6, 6.07) is 17.0. The number of allylic oxidation sites excluding steroid dienone is 1.